The number of hydrogen-bond acceptors (Lipinski definition) is 6. The second-order valence-electron chi connectivity index (χ2n) is 7.96. The second kappa shape index (κ2) is 9.66. The molecule has 0 unspecified atom stereocenters. The first-order valence-corrected chi connectivity index (χ1v) is 10.6. The summed E-state index contributed by atoms with van der Waals surface area (Å²) < 4.78 is 5.13. The lowest BCUT2D eigenvalue weighted by Crippen LogP contribution is -2.48. The van der Waals surface area contributed by atoms with Gasteiger partial charge >= 0.3 is 0 Å². The highest BCUT2D eigenvalue weighted by molar-refractivity contribution is 6.04. The fourth-order valence-corrected chi connectivity index (χ4v) is 3.80. The number of rotatable bonds is 6. The first-order chi connectivity index (χ1) is 15.9. The second-order valence-corrected chi connectivity index (χ2v) is 7.96. The molecule has 0 radical (unpaired) electrons. The van der Waals surface area contributed by atoms with Crippen LogP contribution in [0.25, 0.3) is 0 Å². The number of carbonyl (C=O) groups is 2. The molecule has 1 aliphatic heterocycles. The smallest absolute Gasteiger partial charge is 0.291 e. The first-order valence-electron chi connectivity index (χ1n) is 10.6. The number of nitrogens with one attached hydrogen (secondary N) is 1. The first kappa shape index (κ1) is 22.2. The Bertz CT molecular complexity index is 1170. The molecule has 1 fully saturated rings. The zero-order valence-electron chi connectivity index (χ0n) is 18.2. The molecular weight excluding hydrogens is 424 g/mol. The normalized spacial score (nSPS) is 14.2. The van der Waals surface area contributed by atoms with Crippen LogP contribution in [-0.4, -0.2) is 52.7 Å². The van der Waals surface area contributed by atoms with Crippen LogP contribution < -0.4 is 5.32 Å². The van der Waals surface area contributed by atoms with Crippen molar-refractivity contribution in [3.05, 3.63) is 93.4 Å². The van der Waals surface area contributed by atoms with E-state index in [1.54, 1.807) is 41.3 Å². The van der Waals surface area contributed by atoms with E-state index in [1.807, 2.05) is 19.1 Å². The molecule has 0 saturated carbocycles. The van der Waals surface area contributed by atoms with Gasteiger partial charge in [-0.2, -0.15) is 0 Å². The number of aryl methyl sites for hydroxylation is 1. The van der Waals surface area contributed by atoms with Crippen molar-refractivity contribution in [2.24, 2.45) is 0 Å². The van der Waals surface area contributed by atoms with E-state index in [1.165, 1.54) is 12.3 Å². The van der Waals surface area contributed by atoms with Crippen molar-refractivity contribution >= 4 is 23.2 Å². The van der Waals surface area contributed by atoms with Crippen LogP contribution in [-0.2, 0) is 6.54 Å². The quantitative estimate of drug-likeness (QED) is 0.455. The van der Waals surface area contributed by atoms with Crippen LogP contribution in [0.1, 0.15) is 32.0 Å². The summed E-state index contributed by atoms with van der Waals surface area (Å²) >= 11 is 0. The Labute approximate surface area is 190 Å². The molecule has 1 saturated heterocycles. The van der Waals surface area contributed by atoms with Gasteiger partial charge in [0.15, 0.2) is 5.76 Å². The van der Waals surface area contributed by atoms with Crippen molar-refractivity contribution < 1.29 is 18.9 Å². The molecule has 170 valence electrons. The van der Waals surface area contributed by atoms with Gasteiger partial charge in [0.1, 0.15) is 0 Å². The maximum Gasteiger partial charge on any atom is 0.291 e. The summed E-state index contributed by atoms with van der Waals surface area (Å²) in [6.45, 7) is 4.89. The number of non-ortho nitro benzene ring substituents is 1. The molecule has 0 spiro atoms. The molecule has 1 aliphatic rings. The van der Waals surface area contributed by atoms with Crippen LogP contribution in [0.2, 0.25) is 0 Å². The lowest BCUT2D eigenvalue weighted by atomic mass is 10.1. The summed E-state index contributed by atoms with van der Waals surface area (Å²) in [5.74, 6) is -0.271. The highest BCUT2D eigenvalue weighted by atomic mass is 16.6. The Hall–Kier alpha value is -3.98. The van der Waals surface area contributed by atoms with Crippen LogP contribution >= 0.6 is 0 Å². The van der Waals surface area contributed by atoms with Crippen molar-refractivity contribution in [2.75, 3.05) is 31.5 Å². The largest absolute Gasteiger partial charge is 0.459 e. The Morgan fingerprint density at radius 1 is 1.06 bits per heavy atom. The molecule has 1 N–H and O–H groups in total. The number of carbonyl (C=O) groups excluding carboxylic acids is 2. The average molecular weight is 448 g/mol. The molecule has 2 heterocycles. The fourth-order valence-electron chi connectivity index (χ4n) is 3.80. The number of nitrogens with zero attached hydrogens (tertiary/aromatic N) is 3. The minimum Gasteiger partial charge on any atom is -0.459 e. The van der Waals surface area contributed by atoms with Gasteiger partial charge in [-0.3, -0.25) is 24.6 Å². The van der Waals surface area contributed by atoms with E-state index in [0.717, 1.165) is 11.1 Å². The van der Waals surface area contributed by atoms with Gasteiger partial charge in [-0.25, -0.2) is 0 Å². The SMILES string of the molecule is Cc1ccc(C(=O)N2CCN(Cc3cccc([N+](=O)[O-])c3)CC2)cc1NC(=O)c1ccco1. The van der Waals surface area contributed by atoms with Gasteiger partial charge in [-0.15, -0.1) is 0 Å². The van der Waals surface area contributed by atoms with Gasteiger partial charge < -0.3 is 14.6 Å². The van der Waals surface area contributed by atoms with Crippen LogP contribution in [0.3, 0.4) is 0 Å². The summed E-state index contributed by atoms with van der Waals surface area (Å²) in [6, 6.07) is 15.1. The molecule has 33 heavy (non-hydrogen) atoms. The third-order valence-corrected chi connectivity index (χ3v) is 5.66. The van der Waals surface area contributed by atoms with Crippen LogP contribution in [0.4, 0.5) is 11.4 Å². The number of amides is 2. The number of piperazine rings is 1. The number of hydrogen-bond donors (Lipinski definition) is 1. The molecule has 0 atom stereocenters. The van der Waals surface area contributed by atoms with Gasteiger partial charge in [0.05, 0.1) is 11.2 Å². The lowest BCUT2D eigenvalue weighted by molar-refractivity contribution is -0.384. The zero-order valence-corrected chi connectivity index (χ0v) is 18.2. The van der Waals surface area contributed by atoms with E-state index >= 15 is 0 Å². The Morgan fingerprint density at radius 2 is 1.85 bits per heavy atom. The molecule has 2 aromatic carbocycles. The number of furan rings is 1. The molecule has 2 amide bonds. The van der Waals surface area contributed by atoms with E-state index in [2.05, 4.69) is 10.2 Å². The maximum absolute atomic E-state index is 13.1. The summed E-state index contributed by atoms with van der Waals surface area (Å²) in [7, 11) is 0. The standard InChI is InChI=1S/C24H24N4O5/c1-17-7-8-19(15-21(17)25-23(29)22-6-3-13-33-22)24(30)27-11-9-26(10-12-27)16-18-4-2-5-20(14-18)28(31)32/h2-8,13-15H,9-12,16H2,1H3,(H,25,29). The molecule has 0 bridgehead atoms. The molecule has 0 aliphatic carbocycles. The molecule has 4 rings (SSSR count). The number of nitro groups is 1. The van der Waals surface area contributed by atoms with Crippen molar-refractivity contribution in [1.29, 1.82) is 0 Å². The van der Waals surface area contributed by atoms with Crippen LogP contribution in [0, 0.1) is 17.0 Å². The molecule has 3 aromatic rings. The third-order valence-electron chi connectivity index (χ3n) is 5.66. The van der Waals surface area contributed by atoms with Crippen molar-refractivity contribution in [2.45, 2.75) is 13.5 Å². The van der Waals surface area contributed by atoms with Gasteiger partial charge in [0.25, 0.3) is 17.5 Å². The van der Waals surface area contributed by atoms with E-state index < -0.39 is 4.92 Å². The highest BCUT2D eigenvalue weighted by Gasteiger charge is 2.23. The van der Waals surface area contributed by atoms with Crippen molar-refractivity contribution in [3.63, 3.8) is 0 Å². The van der Waals surface area contributed by atoms with Gasteiger partial charge in [-0.05, 0) is 42.3 Å². The Morgan fingerprint density at radius 3 is 2.55 bits per heavy atom. The van der Waals surface area contributed by atoms with Crippen molar-refractivity contribution in [1.82, 2.24) is 9.80 Å². The highest BCUT2D eigenvalue weighted by Crippen LogP contribution is 2.21. The average Bonchev–Trinajstić information content (AvgIpc) is 3.36. The zero-order chi connectivity index (χ0) is 23.4. The number of nitro benzene ring substituents is 1. The minimum absolute atomic E-state index is 0.0793. The molecule has 9 heteroatoms. The molecular formula is C24H24N4O5. The van der Waals surface area contributed by atoms with Gasteiger partial charge in [0.2, 0.25) is 0 Å². The van der Waals surface area contributed by atoms with Crippen LogP contribution in [0.5, 0.6) is 0 Å². The summed E-state index contributed by atoms with van der Waals surface area (Å²) in [5.41, 5.74) is 2.86. The monoisotopic (exact) mass is 448 g/mol. The predicted molar refractivity (Wildman–Crippen MR) is 122 cm³/mol. The third kappa shape index (κ3) is 5.27. The molecule has 9 nitrogen and oxygen atoms in total. The predicted octanol–water partition coefficient (Wildman–Crippen LogP) is 3.71. The summed E-state index contributed by atoms with van der Waals surface area (Å²) in [4.78, 5) is 39.9. The molecule has 1 aromatic heterocycles. The Kier molecular flexibility index (Phi) is 6.50. The Balaban J connectivity index is 1.37. The van der Waals surface area contributed by atoms with E-state index in [-0.39, 0.29) is 23.3 Å². The van der Waals surface area contributed by atoms with Gasteiger partial charge in [0, 0.05) is 56.1 Å². The van der Waals surface area contributed by atoms with Crippen molar-refractivity contribution in [3.8, 4) is 0 Å². The van der Waals surface area contributed by atoms with Gasteiger partial charge in [-0.1, -0.05) is 18.2 Å². The lowest BCUT2D eigenvalue weighted by Gasteiger charge is -2.34. The van der Waals surface area contributed by atoms with E-state index in [4.69, 9.17) is 4.42 Å². The summed E-state index contributed by atoms with van der Waals surface area (Å²) in [5, 5.41) is 13.8. The number of anilines is 1. The van der Waals surface area contributed by atoms with Crippen LogP contribution in [0.15, 0.2) is 65.3 Å². The topological polar surface area (TPSA) is 109 Å². The van der Waals surface area contributed by atoms with E-state index in [9.17, 15) is 19.7 Å². The minimum atomic E-state index is -0.396. The number of benzene rings is 2. The maximum atomic E-state index is 13.1. The van der Waals surface area contributed by atoms with E-state index in [0.29, 0.717) is 44.0 Å². The summed E-state index contributed by atoms with van der Waals surface area (Å²) in [6.07, 6.45) is 1.43. The fraction of sp³-hybridized carbons (Fsp3) is 0.250.